The molecule has 0 fully saturated rings. The first kappa shape index (κ1) is 15.4. The van der Waals surface area contributed by atoms with E-state index in [1.807, 2.05) is 6.07 Å². The molecule has 0 radical (unpaired) electrons. The predicted molar refractivity (Wildman–Crippen MR) is 77.2 cm³/mol. The van der Waals surface area contributed by atoms with Gasteiger partial charge in [0.15, 0.2) is 0 Å². The highest BCUT2D eigenvalue weighted by atomic mass is 19.1. The number of carbonyl (C=O) groups is 1. The van der Waals surface area contributed by atoms with Crippen molar-refractivity contribution in [2.24, 2.45) is 0 Å². The Hall–Kier alpha value is -3.01. The smallest absolute Gasteiger partial charge is 0.434 e. The van der Waals surface area contributed by atoms with Crippen LogP contribution in [0, 0.1) is 24.1 Å². The number of carbonyl (C=O) groups excluding carboxylic acids is 1. The maximum Gasteiger partial charge on any atom is 0.515 e. The van der Waals surface area contributed by atoms with Crippen molar-refractivity contribution >= 4 is 12.0 Å². The van der Waals surface area contributed by atoms with Gasteiger partial charge in [-0.1, -0.05) is 12.1 Å². The Balaban J connectivity index is 2.65. The van der Waals surface area contributed by atoms with Crippen LogP contribution in [0.25, 0.3) is 5.69 Å². The van der Waals surface area contributed by atoms with Gasteiger partial charge < -0.3 is 15.2 Å². The topological polar surface area (TPSA) is 90.3 Å². The Morgan fingerprint density at radius 1 is 1.45 bits per heavy atom. The number of para-hydroxylation sites is 1. The second-order valence-corrected chi connectivity index (χ2v) is 4.37. The van der Waals surface area contributed by atoms with Crippen LogP contribution in [-0.2, 0) is 4.74 Å². The van der Waals surface area contributed by atoms with Gasteiger partial charge >= 0.3 is 6.16 Å². The molecular weight excluding hydrogens is 289 g/mol. The van der Waals surface area contributed by atoms with Crippen molar-refractivity contribution in [1.29, 1.82) is 5.26 Å². The van der Waals surface area contributed by atoms with Gasteiger partial charge in [0.1, 0.15) is 23.3 Å². The summed E-state index contributed by atoms with van der Waals surface area (Å²) in [6, 6.07) is 7.74. The molecular formula is C15H14FN3O3. The van der Waals surface area contributed by atoms with Gasteiger partial charge in [0.05, 0.1) is 12.3 Å². The third-order valence-corrected chi connectivity index (χ3v) is 3.04. The van der Waals surface area contributed by atoms with Crippen LogP contribution in [-0.4, -0.2) is 17.3 Å². The van der Waals surface area contributed by atoms with Crippen molar-refractivity contribution in [2.75, 3.05) is 12.3 Å². The zero-order valence-electron chi connectivity index (χ0n) is 12.1. The predicted octanol–water partition coefficient (Wildman–Crippen LogP) is 2.91. The molecule has 0 unspecified atom stereocenters. The summed E-state index contributed by atoms with van der Waals surface area (Å²) in [4.78, 5) is 11.6. The van der Waals surface area contributed by atoms with Crippen LogP contribution in [0.1, 0.15) is 18.1 Å². The van der Waals surface area contributed by atoms with E-state index in [1.165, 1.54) is 22.8 Å². The molecule has 1 aromatic carbocycles. The van der Waals surface area contributed by atoms with E-state index >= 15 is 0 Å². The highest BCUT2D eigenvalue weighted by Gasteiger charge is 2.24. The first-order valence-corrected chi connectivity index (χ1v) is 6.51. The number of nitrogens with two attached hydrogens (primary N) is 1. The number of aromatic nitrogens is 1. The van der Waals surface area contributed by atoms with Gasteiger partial charge in [-0.25, -0.2) is 9.18 Å². The number of nitriles is 1. The fourth-order valence-corrected chi connectivity index (χ4v) is 2.05. The molecule has 2 aromatic rings. The van der Waals surface area contributed by atoms with E-state index in [4.69, 9.17) is 15.2 Å². The van der Waals surface area contributed by atoms with Crippen molar-refractivity contribution in [3.63, 3.8) is 0 Å². The Morgan fingerprint density at radius 2 is 2.14 bits per heavy atom. The molecule has 22 heavy (non-hydrogen) atoms. The fraction of sp³-hybridized carbons (Fsp3) is 0.200. The number of nitrogens with zero attached hydrogens (tertiary/aromatic N) is 2. The fourth-order valence-electron chi connectivity index (χ4n) is 2.05. The SMILES string of the molecule is CCOC(=O)Oc1c(C)c(C#N)c(N)n1-c1ccccc1F. The average Bonchev–Trinajstić information content (AvgIpc) is 2.71. The number of rotatable bonds is 3. The first-order valence-electron chi connectivity index (χ1n) is 6.51. The summed E-state index contributed by atoms with van der Waals surface area (Å²) in [6.07, 6.45) is -0.954. The summed E-state index contributed by atoms with van der Waals surface area (Å²) >= 11 is 0. The zero-order chi connectivity index (χ0) is 16.3. The quantitative estimate of drug-likeness (QED) is 0.880. The van der Waals surface area contributed by atoms with Gasteiger partial charge in [0, 0.05) is 5.56 Å². The minimum atomic E-state index is -0.954. The second-order valence-electron chi connectivity index (χ2n) is 4.37. The van der Waals surface area contributed by atoms with Crippen molar-refractivity contribution in [3.05, 3.63) is 41.2 Å². The first-order chi connectivity index (χ1) is 10.5. The van der Waals surface area contributed by atoms with Gasteiger partial charge in [0.2, 0.25) is 5.88 Å². The number of ether oxygens (including phenoxy) is 2. The van der Waals surface area contributed by atoms with Crippen LogP contribution in [0.15, 0.2) is 24.3 Å². The lowest BCUT2D eigenvalue weighted by atomic mass is 10.2. The van der Waals surface area contributed by atoms with Crippen LogP contribution >= 0.6 is 0 Å². The van der Waals surface area contributed by atoms with Gasteiger partial charge in [-0.3, -0.25) is 4.57 Å². The van der Waals surface area contributed by atoms with Gasteiger partial charge in [0.25, 0.3) is 0 Å². The number of hydrogen-bond donors (Lipinski definition) is 1. The molecule has 0 saturated heterocycles. The molecule has 2 rings (SSSR count). The van der Waals surface area contributed by atoms with E-state index in [2.05, 4.69) is 0 Å². The number of hydrogen-bond acceptors (Lipinski definition) is 5. The average molecular weight is 303 g/mol. The van der Waals surface area contributed by atoms with Crippen LogP contribution in [0.2, 0.25) is 0 Å². The van der Waals surface area contributed by atoms with Gasteiger partial charge in [-0.2, -0.15) is 5.26 Å². The molecule has 114 valence electrons. The molecule has 7 heteroatoms. The molecule has 0 atom stereocenters. The number of nitrogen functional groups attached to an aromatic ring is 1. The normalized spacial score (nSPS) is 10.1. The number of benzene rings is 1. The molecule has 6 nitrogen and oxygen atoms in total. The molecule has 0 aliphatic carbocycles. The summed E-state index contributed by atoms with van der Waals surface area (Å²) in [5.74, 6) is -0.621. The molecule has 1 aromatic heterocycles. The second kappa shape index (κ2) is 6.18. The lowest BCUT2D eigenvalue weighted by molar-refractivity contribution is 0.102. The highest BCUT2D eigenvalue weighted by Crippen LogP contribution is 2.35. The van der Waals surface area contributed by atoms with E-state index in [1.54, 1.807) is 19.9 Å². The molecule has 1 heterocycles. The largest absolute Gasteiger partial charge is 0.515 e. The van der Waals surface area contributed by atoms with Crippen LogP contribution in [0.4, 0.5) is 15.0 Å². The minimum Gasteiger partial charge on any atom is -0.434 e. The lowest BCUT2D eigenvalue weighted by Crippen LogP contribution is -2.14. The van der Waals surface area contributed by atoms with Crippen molar-refractivity contribution in [1.82, 2.24) is 4.57 Å². The molecule has 0 spiro atoms. The molecule has 2 N–H and O–H groups in total. The van der Waals surface area contributed by atoms with Gasteiger partial charge in [-0.05, 0) is 26.0 Å². The van der Waals surface area contributed by atoms with E-state index in [9.17, 15) is 14.4 Å². The van der Waals surface area contributed by atoms with Crippen LogP contribution in [0.3, 0.4) is 0 Å². The maximum atomic E-state index is 14.0. The van der Waals surface area contributed by atoms with E-state index in [-0.39, 0.29) is 29.6 Å². The minimum absolute atomic E-state index is 0.00982. The lowest BCUT2D eigenvalue weighted by Gasteiger charge is -2.12. The summed E-state index contributed by atoms with van der Waals surface area (Å²) in [7, 11) is 0. The monoisotopic (exact) mass is 303 g/mol. The van der Waals surface area contributed by atoms with Crippen molar-refractivity contribution in [2.45, 2.75) is 13.8 Å². The Morgan fingerprint density at radius 3 is 2.73 bits per heavy atom. The molecule has 0 aliphatic rings. The Bertz CT molecular complexity index is 762. The number of anilines is 1. The Kier molecular flexibility index (Phi) is 4.32. The third kappa shape index (κ3) is 2.59. The van der Waals surface area contributed by atoms with E-state index < -0.39 is 12.0 Å². The number of halogens is 1. The highest BCUT2D eigenvalue weighted by molar-refractivity contribution is 5.70. The van der Waals surface area contributed by atoms with Crippen molar-refractivity contribution < 1.29 is 18.7 Å². The maximum absolute atomic E-state index is 14.0. The molecule has 0 amide bonds. The summed E-state index contributed by atoms with van der Waals surface area (Å²) in [5, 5.41) is 9.18. The zero-order valence-corrected chi connectivity index (χ0v) is 12.1. The van der Waals surface area contributed by atoms with E-state index in [0.29, 0.717) is 5.56 Å². The molecule has 0 saturated carbocycles. The van der Waals surface area contributed by atoms with Crippen LogP contribution < -0.4 is 10.5 Å². The molecule has 0 aliphatic heterocycles. The summed E-state index contributed by atoms with van der Waals surface area (Å²) in [6.45, 7) is 3.30. The third-order valence-electron chi connectivity index (χ3n) is 3.04. The van der Waals surface area contributed by atoms with E-state index in [0.717, 1.165) is 0 Å². The van der Waals surface area contributed by atoms with Crippen LogP contribution in [0.5, 0.6) is 5.88 Å². The summed E-state index contributed by atoms with van der Waals surface area (Å²) in [5.41, 5.74) is 6.42. The van der Waals surface area contributed by atoms with Gasteiger partial charge in [-0.15, -0.1) is 0 Å². The summed E-state index contributed by atoms with van der Waals surface area (Å²) < 4.78 is 25.0. The molecule has 0 bridgehead atoms. The Labute approximate surface area is 126 Å². The van der Waals surface area contributed by atoms with Crippen molar-refractivity contribution in [3.8, 4) is 17.6 Å². The standard InChI is InChI=1S/C15H14FN3O3/c1-3-21-15(20)22-14-9(2)10(8-17)13(18)19(14)12-7-5-4-6-11(12)16/h4-7H,3,18H2,1-2H3.